The summed E-state index contributed by atoms with van der Waals surface area (Å²) in [6, 6.07) is 19.2. The zero-order valence-corrected chi connectivity index (χ0v) is 15.4. The predicted octanol–water partition coefficient (Wildman–Crippen LogP) is 4.87. The van der Waals surface area contributed by atoms with Crippen LogP contribution in [0.2, 0.25) is 0 Å². The fourth-order valence-electron chi connectivity index (χ4n) is 2.50. The standard InChI is InChI=1S/C21H26N2S/c1-4-14-22-21(24)23(15-18-8-6-5-7-9-18)16-19-10-12-20(13-11-19)17(2)3/h4-13,17H,1,14-16H2,2-3H3,(H,22,24). The van der Waals surface area contributed by atoms with Gasteiger partial charge in [-0.15, -0.1) is 6.58 Å². The maximum Gasteiger partial charge on any atom is 0.169 e. The van der Waals surface area contributed by atoms with Crippen LogP contribution in [-0.2, 0) is 13.1 Å². The quantitative estimate of drug-likeness (QED) is 0.572. The summed E-state index contributed by atoms with van der Waals surface area (Å²) in [5.74, 6) is 0.551. The first-order valence-electron chi connectivity index (χ1n) is 8.36. The number of nitrogens with one attached hydrogen (secondary N) is 1. The van der Waals surface area contributed by atoms with Crippen LogP contribution in [0, 0.1) is 0 Å². The van der Waals surface area contributed by atoms with E-state index in [9.17, 15) is 0 Å². The lowest BCUT2D eigenvalue weighted by atomic mass is 10.0. The molecule has 0 aromatic heterocycles. The van der Waals surface area contributed by atoms with E-state index in [2.05, 4.69) is 79.2 Å². The average Bonchev–Trinajstić information content (AvgIpc) is 2.60. The summed E-state index contributed by atoms with van der Waals surface area (Å²) in [7, 11) is 0. The highest BCUT2D eigenvalue weighted by Gasteiger charge is 2.11. The normalized spacial score (nSPS) is 10.5. The molecule has 0 bridgehead atoms. The zero-order chi connectivity index (χ0) is 17.4. The molecule has 1 N–H and O–H groups in total. The van der Waals surface area contributed by atoms with E-state index in [1.165, 1.54) is 16.7 Å². The van der Waals surface area contributed by atoms with Crippen molar-refractivity contribution < 1.29 is 0 Å². The molecule has 0 spiro atoms. The lowest BCUT2D eigenvalue weighted by Gasteiger charge is -2.26. The molecule has 2 aromatic carbocycles. The average molecular weight is 339 g/mol. The minimum Gasteiger partial charge on any atom is -0.359 e. The molecule has 0 aliphatic carbocycles. The molecule has 126 valence electrons. The van der Waals surface area contributed by atoms with Gasteiger partial charge in [-0.2, -0.15) is 0 Å². The van der Waals surface area contributed by atoms with E-state index in [-0.39, 0.29) is 0 Å². The Hall–Kier alpha value is -2.13. The van der Waals surface area contributed by atoms with E-state index >= 15 is 0 Å². The minimum atomic E-state index is 0.551. The smallest absolute Gasteiger partial charge is 0.169 e. The highest BCUT2D eigenvalue weighted by atomic mass is 32.1. The van der Waals surface area contributed by atoms with Crippen molar-refractivity contribution in [3.63, 3.8) is 0 Å². The number of benzene rings is 2. The Morgan fingerprint density at radius 2 is 1.62 bits per heavy atom. The van der Waals surface area contributed by atoms with E-state index in [1.54, 1.807) is 0 Å². The van der Waals surface area contributed by atoms with Gasteiger partial charge < -0.3 is 10.2 Å². The summed E-state index contributed by atoms with van der Waals surface area (Å²) in [5.41, 5.74) is 3.87. The summed E-state index contributed by atoms with van der Waals surface area (Å²) in [4.78, 5) is 2.19. The van der Waals surface area contributed by atoms with Gasteiger partial charge in [0.05, 0.1) is 0 Å². The molecular weight excluding hydrogens is 312 g/mol. The van der Waals surface area contributed by atoms with Crippen molar-refractivity contribution in [2.24, 2.45) is 0 Å². The van der Waals surface area contributed by atoms with Crippen LogP contribution in [0.1, 0.15) is 36.5 Å². The van der Waals surface area contributed by atoms with Crippen molar-refractivity contribution in [2.75, 3.05) is 6.54 Å². The molecule has 2 rings (SSSR count). The van der Waals surface area contributed by atoms with E-state index in [0.717, 1.165) is 18.2 Å². The third kappa shape index (κ3) is 5.50. The van der Waals surface area contributed by atoms with E-state index in [4.69, 9.17) is 12.2 Å². The number of rotatable bonds is 7. The molecule has 0 saturated heterocycles. The van der Waals surface area contributed by atoms with Crippen molar-refractivity contribution in [2.45, 2.75) is 32.9 Å². The molecule has 3 heteroatoms. The van der Waals surface area contributed by atoms with Gasteiger partial charge in [0, 0.05) is 19.6 Å². The molecule has 0 fully saturated rings. The fourth-order valence-corrected chi connectivity index (χ4v) is 2.72. The number of hydrogen-bond donors (Lipinski definition) is 1. The van der Waals surface area contributed by atoms with Gasteiger partial charge in [0.15, 0.2) is 5.11 Å². The molecule has 2 nitrogen and oxygen atoms in total. The van der Waals surface area contributed by atoms with Crippen molar-refractivity contribution in [1.82, 2.24) is 10.2 Å². The summed E-state index contributed by atoms with van der Waals surface area (Å²) >= 11 is 5.57. The topological polar surface area (TPSA) is 15.3 Å². The first kappa shape index (κ1) is 18.2. The molecule has 2 aromatic rings. The molecule has 0 aliphatic rings. The summed E-state index contributed by atoms with van der Waals surface area (Å²) in [5, 5.41) is 4.00. The summed E-state index contributed by atoms with van der Waals surface area (Å²) in [6.07, 6.45) is 1.82. The Kier molecular flexibility index (Phi) is 7.01. The summed E-state index contributed by atoms with van der Waals surface area (Å²) < 4.78 is 0. The predicted molar refractivity (Wildman–Crippen MR) is 107 cm³/mol. The summed E-state index contributed by atoms with van der Waals surface area (Å²) in [6.45, 7) is 10.4. The molecule has 0 aliphatic heterocycles. The monoisotopic (exact) mass is 338 g/mol. The Morgan fingerprint density at radius 1 is 1.04 bits per heavy atom. The van der Waals surface area contributed by atoms with E-state index < -0.39 is 0 Å². The second-order valence-corrected chi connectivity index (χ2v) is 6.60. The second-order valence-electron chi connectivity index (χ2n) is 6.21. The third-order valence-corrected chi connectivity index (χ3v) is 4.32. The van der Waals surface area contributed by atoms with E-state index in [0.29, 0.717) is 12.5 Å². The SMILES string of the molecule is C=CCNC(=S)N(Cc1ccccc1)Cc1ccc(C(C)C)cc1. The van der Waals surface area contributed by atoms with Crippen LogP contribution in [-0.4, -0.2) is 16.6 Å². The van der Waals surface area contributed by atoms with Gasteiger partial charge in [-0.25, -0.2) is 0 Å². The van der Waals surface area contributed by atoms with Gasteiger partial charge in [-0.05, 0) is 34.8 Å². The van der Waals surface area contributed by atoms with Gasteiger partial charge in [-0.1, -0.05) is 74.5 Å². The highest BCUT2D eigenvalue weighted by molar-refractivity contribution is 7.80. The Bertz CT molecular complexity index is 647. The zero-order valence-electron chi connectivity index (χ0n) is 14.5. The van der Waals surface area contributed by atoms with Crippen LogP contribution in [0.4, 0.5) is 0 Å². The number of nitrogens with zero attached hydrogens (tertiary/aromatic N) is 1. The molecular formula is C21H26N2S. The Labute approximate surface area is 151 Å². The maximum absolute atomic E-state index is 5.57. The number of thiocarbonyl (C=S) groups is 1. The molecule has 0 heterocycles. The molecule has 0 atom stereocenters. The second kappa shape index (κ2) is 9.24. The Balaban J connectivity index is 2.12. The Morgan fingerprint density at radius 3 is 2.17 bits per heavy atom. The van der Waals surface area contributed by atoms with Gasteiger partial charge >= 0.3 is 0 Å². The third-order valence-electron chi connectivity index (χ3n) is 3.92. The van der Waals surface area contributed by atoms with Gasteiger partial charge in [0.2, 0.25) is 0 Å². The van der Waals surface area contributed by atoms with Crippen molar-refractivity contribution in [3.05, 3.63) is 83.9 Å². The van der Waals surface area contributed by atoms with Crippen LogP contribution in [0.5, 0.6) is 0 Å². The largest absolute Gasteiger partial charge is 0.359 e. The lowest BCUT2D eigenvalue weighted by Crippen LogP contribution is -2.38. The molecule has 24 heavy (non-hydrogen) atoms. The fraction of sp³-hybridized carbons (Fsp3) is 0.286. The van der Waals surface area contributed by atoms with Crippen molar-refractivity contribution >= 4 is 17.3 Å². The molecule has 0 unspecified atom stereocenters. The van der Waals surface area contributed by atoms with Crippen LogP contribution in [0.25, 0.3) is 0 Å². The first-order valence-corrected chi connectivity index (χ1v) is 8.77. The highest BCUT2D eigenvalue weighted by Crippen LogP contribution is 2.16. The molecule has 0 radical (unpaired) electrons. The van der Waals surface area contributed by atoms with Gasteiger partial charge in [-0.3, -0.25) is 0 Å². The number of hydrogen-bond acceptors (Lipinski definition) is 1. The van der Waals surface area contributed by atoms with Gasteiger partial charge in [0.25, 0.3) is 0 Å². The van der Waals surface area contributed by atoms with Crippen LogP contribution in [0.3, 0.4) is 0 Å². The van der Waals surface area contributed by atoms with Crippen LogP contribution in [0.15, 0.2) is 67.3 Å². The van der Waals surface area contributed by atoms with Crippen LogP contribution < -0.4 is 5.32 Å². The first-order chi connectivity index (χ1) is 11.6. The molecule has 0 saturated carbocycles. The van der Waals surface area contributed by atoms with Crippen molar-refractivity contribution in [1.29, 1.82) is 0 Å². The van der Waals surface area contributed by atoms with E-state index in [1.807, 2.05) is 12.1 Å². The minimum absolute atomic E-state index is 0.551. The van der Waals surface area contributed by atoms with Crippen molar-refractivity contribution in [3.8, 4) is 0 Å². The maximum atomic E-state index is 5.57. The van der Waals surface area contributed by atoms with Crippen LogP contribution >= 0.6 is 12.2 Å². The lowest BCUT2D eigenvalue weighted by molar-refractivity contribution is 0.401. The molecule has 0 amide bonds. The van der Waals surface area contributed by atoms with Gasteiger partial charge in [0.1, 0.15) is 0 Å².